The molecule has 2 aromatic carbocycles. The molecule has 0 radical (unpaired) electrons. The molecule has 168 valence electrons. The molecule has 2 heterocycles. The summed E-state index contributed by atoms with van der Waals surface area (Å²) in [6.07, 6.45) is 3.12. The molecule has 1 aromatic heterocycles. The van der Waals surface area contributed by atoms with E-state index in [1.54, 1.807) is 42.7 Å². The lowest BCUT2D eigenvalue weighted by Gasteiger charge is -2.25. The summed E-state index contributed by atoms with van der Waals surface area (Å²) in [5.41, 5.74) is 1.18. The molecule has 1 atom stereocenters. The molecule has 0 aliphatic carbocycles. The molecule has 1 N–H and O–H groups in total. The molecule has 1 fully saturated rings. The van der Waals surface area contributed by atoms with Crippen LogP contribution in [0, 0.1) is 0 Å². The van der Waals surface area contributed by atoms with E-state index >= 15 is 0 Å². The van der Waals surface area contributed by atoms with Gasteiger partial charge in [0.1, 0.15) is 17.3 Å². The van der Waals surface area contributed by atoms with Crippen molar-refractivity contribution < 1.29 is 24.2 Å². The number of carbonyl (C=O) groups is 2. The van der Waals surface area contributed by atoms with E-state index in [1.807, 2.05) is 6.07 Å². The Labute approximate surface area is 203 Å². The number of rotatable bonds is 5. The van der Waals surface area contributed by atoms with E-state index in [-0.39, 0.29) is 27.7 Å². The highest BCUT2D eigenvalue weighted by atomic mass is 79.9. The van der Waals surface area contributed by atoms with Gasteiger partial charge in [0.2, 0.25) is 0 Å². The monoisotopic (exact) mass is 528 g/mol. The van der Waals surface area contributed by atoms with Crippen LogP contribution >= 0.6 is 27.5 Å². The number of aliphatic hydroxyl groups is 1. The number of methoxy groups -OCH3 is 2. The zero-order valence-corrected chi connectivity index (χ0v) is 19.9. The summed E-state index contributed by atoms with van der Waals surface area (Å²) in [5, 5.41) is 11.6. The van der Waals surface area contributed by atoms with Crippen molar-refractivity contribution in [2.45, 2.75) is 6.04 Å². The van der Waals surface area contributed by atoms with Crippen molar-refractivity contribution in [3.63, 3.8) is 0 Å². The molecule has 4 rings (SSSR count). The minimum Gasteiger partial charge on any atom is -0.507 e. The van der Waals surface area contributed by atoms with E-state index in [9.17, 15) is 14.7 Å². The molecule has 1 unspecified atom stereocenters. The molecule has 1 saturated heterocycles. The summed E-state index contributed by atoms with van der Waals surface area (Å²) >= 11 is 9.60. The lowest BCUT2D eigenvalue weighted by atomic mass is 9.95. The number of aliphatic hydroxyl groups excluding tert-OH is 1. The van der Waals surface area contributed by atoms with Gasteiger partial charge in [0.05, 0.1) is 36.4 Å². The zero-order chi connectivity index (χ0) is 23.7. The molecule has 1 aliphatic heterocycles. The number of aromatic nitrogens is 1. The molecule has 33 heavy (non-hydrogen) atoms. The first-order valence-corrected chi connectivity index (χ1v) is 10.9. The summed E-state index contributed by atoms with van der Waals surface area (Å²) < 4.78 is 11.4. The smallest absolute Gasteiger partial charge is 0.300 e. The van der Waals surface area contributed by atoms with Crippen molar-refractivity contribution in [1.82, 2.24) is 4.98 Å². The number of nitrogens with zero attached hydrogens (tertiary/aromatic N) is 2. The largest absolute Gasteiger partial charge is 0.507 e. The Balaban J connectivity index is 1.99. The van der Waals surface area contributed by atoms with E-state index < -0.39 is 23.5 Å². The van der Waals surface area contributed by atoms with Crippen molar-refractivity contribution in [3.8, 4) is 11.5 Å². The number of hydrogen-bond acceptors (Lipinski definition) is 6. The SMILES string of the molecule is COc1cc(/C(O)=C2\C(=O)C(=O)N(c3cccc(Br)c3)C2c2ccncc2)c(OC)cc1Cl. The van der Waals surface area contributed by atoms with Gasteiger partial charge in [-0.3, -0.25) is 19.5 Å². The maximum atomic E-state index is 13.3. The lowest BCUT2D eigenvalue weighted by molar-refractivity contribution is -0.132. The first-order valence-electron chi connectivity index (χ1n) is 9.75. The zero-order valence-electron chi connectivity index (χ0n) is 17.6. The normalized spacial score (nSPS) is 17.3. The average Bonchev–Trinajstić information content (AvgIpc) is 3.09. The second kappa shape index (κ2) is 9.25. The van der Waals surface area contributed by atoms with Crippen LogP contribution in [0.2, 0.25) is 5.02 Å². The molecular weight excluding hydrogens is 512 g/mol. The number of ketones is 1. The van der Waals surface area contributed by atoms with Crippen LogP contribution in [0.4, 0.5) is 5.69 Å². The average molecular weight is 530 g/mol. The fourth-order valence-corrected chi connectivity index (χ4v) is 4.39. The van der Waals surface area contributed by atoms with Gasteiger partial charge < -0.3 is 14.6 Å². The van der Waals surface area contributed by atoms with Gasteiger partial charge in [-0.15, -0.1) is 0 Å². The van der Waals surface area contributed by atoms with E-state index in [4.69, 9.17) is 21.1 Å². The molecule has 1 aliphatic rings. The van der Waals surface area contributed by atoms with Crippen LogP contribution in [0.5, 0.6) is 11.5 Å². The number of halogens is 2. The van der Waals surface area contributed by atoms with Crippen LogP contribution in [0.15, 0.2) is 71.0 Å². The highest BCUT2D eigenvalue weighted by molar-refractivity contribution is 9.10. The number of carbonyl (C=O) groups excluding carboxylic acids is 2. The van der Waals surface area contributed by atoms with Crippen molar-refractivity contribution in [2.24, 2.45) is 0 Å². The van der Waals surface area contributed by atoms with Crippen molar-refractivity contribution >= 4 is 50.7 Å². The predicted molar refractivity (Wildman–Crippen MR) is 128 cm³/mol. The number of hydrogen-bond donors (Lipinski definition) is 1. The van der Waals surface area contributed by atoms with Crippen LogP contribution in [0.25, 0.3) is 5.76 Å². The maximum absolute atomic E-state index is 13.3. The van der Waals surface area contributed by atoms with Crippen LogP contribution in [0.1, 0.15) is 17.2 Å². The third-order valence-corrected chi connectivity index (χ3v) is 6.07. The van der Waals surface area contributed by atoms with Gasteiger partial charge in [-0.05, 0) is 42.0 Å². The van der Waals surface area contributed by atoms with Gasteiger partial charge in [0, 0.05) is 28.6 Å². The Kier molecular flexibility index (Phi) is 6.40. The third kappa shape index (κ3) is 4.07. The third-order valence-electron chi connectivity index (χ3n) is 5.28. The van der Waals surface area contributed by atoms with Gasteiger partial charge >= 0.3 is 0 Å². The predicted octanol–water partition coefficient (Wildman–Crippen LogP) is 5.14. The molecule has 0 spiro atoms. The number of amides is 1. The number of Topliss-reactive ketones (excluding diaryl/α,β-unsaturated/α-hetero) is 1. The van der Waals surface area contributed by atoms with Crippen molar-refractivity contribution in [1.29, 1.82) is 0 Å². The van der Waals surface area contributed by atoms with E-state index in [1.165, 1.54) is 31.3 Å². The minimum atomic E-state index is -0.895. The van der Waals surface area contributed by atoms with Gasteiger partial charge in [-0.1, -0.05) is 33.6 Å². The Morgan fingerprint density at radius 3 is 2.39 bits per heavy atom. The molecule has 0 saturated carbocycles. The summed E-state index contributed by atoms with van der Waals surface area (Å²) in [6, 6.07) is 12.4. The number of pyridine rings is 1. The van der Waals surface area contributed by atoms with Crippen LogP contribution in [0.3, 0.4) is 0 Å². The van der Waals surface area contributed by atoms with Gasteiger partial charge in [-0.25, -0.2) is 0 Å². The molecule has 1 amide bonds. The minimum absolute atomic E-state index is 0.0890. The summed E-state index contributed by atoms with van der Waals surface area (Å²) in [7, 11) is 2.84. The topological polar surface area (TPSA) is 89.0 Å². The first-order chi connectivity index (χ1) is 15.9. The van der Waals surface area contributed by atoms with Gasteiger partial charge in [0.15, 0.2) is 0 Å². The van der Waals surface area contributed by atoms with Gasteiger partial charge in [-0.2, -0.15) is 0 Å². The van der Waals surface area contributed by atoms with Crippen molar-refractivity contribution in [2.75, 3.05) is 19.1 Å². The van der Waals surface area contributed by atoms with Crippen LogP contribution < -0.4 is 14.4 Å². The van der Waals surface area contributed by atoms with Crippen molar-refractivity contribution in [3.05, 3.63) is 87.1 Å². The number of ether oxygens (including phenoxy) is 2. The maximum Gasteiger partial charge on any atom is 0.300 e. The fraction of sp³-hybridized carbons (Fsp3) is 0.125. The Morgan fingerprint density at radius 2 is 1.76 bits per heavy atom. The Morgan fingerprint density at radius 1 is 1.06 bits per heavy atom. The van der Waals surface area contributed by atoms with Crippen LogP contribution in [-0.4, -0.2) is 36.0 Å². The number of anilines is 1. The second-order valence-electron chi connectivity index (χ2n) is 7.12. The summed E-state index contributed by atoms with van der Waals surface area (Å²) in [6.45, 7) is 0. The highest BCUT2D eigenvalue weighted by Gasteiger charge is 2.47. The summed E-state index contributed by atoms with van der Waals surface area (Å²) in [5.74, 6) is -1.50. The molecule has 9 heteroatoms. The van der Waals surface area contributed by atoms with E-state index in [2.05, 4.69) is 20.9 Å². The quantitative estimate of drug-likeness (QED) is 0.280. The highest BCUT2D eigenvalue weighted by Crippen LogP contribution is 2.44. The molecule has 7 nitrogen and oxygen atoms in total. The fourth-order valence-electron chi connectivity index (χ4n) is 3.78. The van der Waals surface area contributed by atoms with E-state index in [0.717, 1.165) is 4.47 Å². The molecular formula is C24H18BrClN2O5. The molecule has 3 aromatic rings. The Hall–Kier alpha value is -3.36. The second-order valence-corrected chi connectivity index (χ2v) is 8.44. The van der Waals surface area contributed by atoms with Crippen LogP contribution in [-0.2, 0) is 9.59 Å². The number of benzene rings is 2. The molecule has 0 bridgehead atoms. The van der Waals surface area contributed by atoms with E-state index in [0.29, 0.717) is 11.3 Å². The van der Waals surface area contributed by atoms with Gasteiger partial charge in [0.25, 0.3) is 11.7 Å². The lowest BCUT2D eigenvalue weighted by Crippen LogP contribution is -2.29. The standard InChI is InChI=1S/C24H18BrClN2O5/c1-32-18-12-17(26)19(33-2)11-16(18)22(29)20-21(13-6-8-27-9-7-13)28(24(31)23(20)30)15-5-3-4-14(25)10-15/h3-12,21,29H,1-2H3/b22-20+. The summed E-state index contributed by atoms with van der Waals surface area (Å²) in [4.78, 5) is 31.8. The Bertz CT molecular complexity index is 1280. The first kappa shape index (κ1) is 22.8.